The van der Waals surface area contributed by atoms with Crippen LogP contribution in [-0.2, 0) is 9.47 Å². The van der Waals surface area contributed by atoms with Gasteiger partial charge in [-0.2, -0.15) is 0 Å². The minimum Gasteiger partial charge on any atom is -0.450 e. The molecule has 0 radical (unpaired) electrons. The van der Waals surface area contributed by atoms with Gasteiger partial charge in [-0.25, -0.2) is 4.79 Å². The van der Waals surface area contributed by atoms with Crippen molar-refractivity contribution in [3.05, 3.63) is 0 Å². The molecule has 0 aliphatic carbocycles. The number of aliphatic imine (C=N–C) groups is 1. The molecule has 2 heterocycles. The van der Waals surface area contributed by atoms with Gasteiger partial charge in [0.1, 0.15) is 0 Å². The van der Waals surface area contributed by atoms with Crippen molar-refractivity contribution in [3.63, 3.8) is 0 Å². The second-order valence-corrected chi connectivity index (χ2v) is 5.86. The average molecular weight is 341 g/mol. The summed E-state index contributed by atoms with van der Waals surface area (Å²) < 4.78 is 10.4. The van der Waals surface area contributed by atoms with Crippen molar-refractivity contribution in [2.75, 3.05) is 78.7 Å². The van der Waals surface area contributed by atoms with E-state index in [-0.39, 0.29) is 6.09 Å². The number of carbonyl (C=O) groups excluding carboxylic acids is 1. The van der Waals surface area contributed by atoms with Crippen molar-refractivity contribution in [3.8, 4) is 0 Å². The lowest BCUT2D eigenvalue weighted by Gasteiger charge is -2.36. The highest BCUT2D eigenvalue weighted by molar-refractivity contribution is 5.80. The molecular formula is C16H31N5O3. The molecule has 1 amide bonds. The normalized spacial score (nSPS) is 20.2. The summed E-state index contributed by atoms with van der Waals surface area (Å²) in [6.07, 6.45) is -0.216. The first kappa shape index (κ1) is 18.8. The monoisotopic (exact) mass is 341 g/mol. The topological polar surface area (TPSA) is 69.6 Å². The zero-order chi connectivity index (χ0) is 17.2. The van der Waals surface area contributed by atoms with E-state index in [1.807, 2.05) is 6.92 Å². The maximum atomic E-state index is 11.8. The van der Waals surface area contributed by atoms with Gasteiger partial charge in [-0.15, -0.1) is 0 Å². The number of nitrogens with one attached hydrogen (secondary N) is 1. The first-order valence-electron chi connectivity index (χ1n) is 8.99. The van der Waals surface area contributed by atoms with Crippen LogP contribution in [0.1, 0.15) is 13.8 Å². The fourth-order valence-electron chi connectivity index (χ4n) is 2.86. The third kappa shape index (κ3) is 5.83. The molecule has 24 heavy (non-hydrogen) atoms. The zero-order valence-electron chi connectivity index (χ0n) is 15.0. The van der Waals surface area contributed by atoms with Gasteiger partial charge in [0.2, 0.25) is 0 Å². The summed E-state index contributed by atoms with van der Waals surface area (Å²) in [5.41, 5.74) is 0. The van der Waals surface area contributed by atoms with E-state index in [0.29, 0.717) is 19.7 Å². The molecule has 2 aliphatic rings. The summed E-state index contributed by atoms with van der Waals surface area (Å²) in [6, 6.07) is 0. The molecule has 2 saturated heterocycles. The summed E-state index contributed by atoms with van der Waals surface area (Å²) in [7, 11) is 0. The first-order valence-corrected chi connectivity index (χ1v) is 8.99. The standard InChI is InChI=1S/C16H31N5O3/c1-3-17-15(18-5-6-19-11-13-23-14-12-19)20-7-9-21(10-8-20)16(22)24-4-2/h3-14H2,1-2H3,(H,17,18). The number of amides is 1. The van der Waals surface area contributed by atoms with E-state index in [9.17, 15) is 4.79 Å². The van der Waals surface area contributed by atoms with Gasteiger partial charge in [0.25, 0.3) is 0 Å². The molecule has 0 saturated carbocycles. The maximum Gasteiger partial charge on any atom is 0.409 e. The third-order valence-electron chi connectivity index (χ3n) is 4.22. The van der Waals surface area contributed by atoms with Crippen LogP contribution in [0, 0.1) is 0 Å². The predicted octanol–water partition coefficient (Wildman–Crippen LogP) is 0.0582. The Bertz CT molecular complexity index is 405. The van der Waals surface area contributed by atoms with Gasteiger partial charge in [-0.05, 0) is 13.8 Å². The van der Waals surface area contributed by atoms with Gasteiger partial charge in [0.05, 0.1) is 26.4 Å². The Morgan fingerprint density at radius 1 is 1.08 bits per heavy atom. The summed E-state index contributed by atoms with van der Waals surface area (Å²) in [6.45, 7) is 13.4. The van der Waals surface area contributed by atoms with Crippen LogP contribution in [0.4, 0.5) is 4.79 Å². The van der Waals surface area contributed by atoms with Crippen molar-refractivity contribution in [1.82, 2.24) is 20.0 Å². The summed E-state index contributed by atoms with van der Waals surface area (Å²) in [4.78, 5) is 22.9. The third-order valence-corrected chi connectivity index (χ3v) is 4.22. The molecule has 0 unspecified atom stereocenters. The van der Waals surface area contributed by atoms with E-state index >= 15 is 0 Å². The SMILES string of the molecule is CCNC(=NCCN1CCOCC1)N1CCN(C(=O)OCC)CC1. The molecule has 0 spiro atoms. The molecule has 138 valence electrons. The van der Waals surface area contributed by atoms with E-state index in [0.717, 1.165) is 65.0 Å². The minimum absolute atomic E-state index is 0.216. The van der Waals surface area contributed by atoms with Gasteiger partial charge in [0.15, 0.2) is 5.96 Å². The van der Waals surface area contributed by atoms with Crippen LogP contribution in [0.5, 0.6) is 0 Å². The van der Waals surface area contributed by atoms with Crippen LogP contribution < -0.4 is 5.32 Å². The molecule has 0 aromatic rings. The number of nitrogens with zero attached hydrogens (tertiary/aromatic N) is 4. The summed E-state index contributed by atoms with van der Waals surface area (Å²) in [5.74, 6) is 0.939. The van der Waals surface area contributed by atoms with Crippen molar-refractivity contribution in [2.24, 2.45) is 4.99 Å². The number of morpholine rings is 1. The van der Waals surface area contributed by atoms with Crippen molar-refractivity contribution < 1.29 is 14.3 Å². The van der Waals surface area contributed by atoms with Crippen LogP contribution in [0.15, 0.2) is 4.99 Å². The molecule has 8 nitrogen and oxygen atoms in total. The highest BCUT2D eigenvalue weighted by Gasteiger charge is 2.23. The minimum atomic E-state index is -0.216. The van der Waals surface area contributed by atoms with E-state index in [1.165, 1.54) is 0 Å². The van der Waals surface area contributed by atoms with Crippen molar-refractivity contribution in [2.45, 2.75) is 13.8 Å². The smallest absolute Gasteiger partial charge is 0.409 e. The molecule has 0 aromatic carbocycles. The van der Waals surface area contributed by atoms with Gasteiger partial charge >= 0.3 is 6.09 Å². The molecule has 2 fully saturated rings. The number of rotatable bonds is 5. The zero-order valence-corrected chi connectivity index (χ0v) is 15.0. The van der Waals surface area contributed by atoms with Crippen LogP contribution >= 0.6 is 0 Å². The van der Waals surface area contributed by atoms with Gasteiger partial charge in [-0.3, -0.25) is 9.89 Å². The van der Waals surface area contributed by atoms with Crippen LogP contribution in [0.25, 0.3) is 0 Å². The number of guanidine groups is 1. The number of carbonyl (C=O) groups is 1. The average Bonchev–Trinajstić information content (AvgIpc) is 2.62. The molecule has 0 aromatic heterocycles. The molecule has 1 N–H and O–H groups in total. The highest BCUT2D eigenvalue weighted by Crippen LogP contribution is 2.05. The van der Waals surface area contributed by atoms with E-state index in [1.54, 1.807) is 4.90 Å². The maximum absolute atomic E-state index is 11.8. The van der Waals surface area contributed by atoms with E-state index in [4.69, 9.17) is 14.5 Å². The van der Waals surface area contributed by atoms with Gasteiger partial charge in [-0.1, -0.05) is 0 Å². The Morgan fingerprint density at radius 3 is 2.38 bits per heavy atom. The lowest BCUT2D eigenvalue weighted by Crippen LogP contribution is -2.54. The molecule has 0 atom stereocenters. The van der Waals surface area contributed by atoms with E-state index in [2.05, 4.69) is 22.0 Å². The molecule has 8 heteroatoms. The highest BCUT2D eigenvalue weighted by atomic mass is 16.6. The Hall–Kier alpha value is -1.54. The predicted molar refractivity (Wildman–Crippen MR) is 93.4 cm³/mol. The van der Waals surface area contributed by atoms with E-state index < -0.39 is 0 Å². The number of piperazine rings is 1. The molecule has 2 rings (SSSR count). The fourth-order valence-corrected chi connectivity index (χ4v) is 2.86. The number of hydrogen-bond acceptors (Lipinski definition) is 5. The Kier molecular flexibility index (Phi) is 8.11. The van der Waals surface area contributed by atoms with Gasteiger partial charge in [0, 0.05) is 52.4 Å². The van der Waals surface area contributed by atoms with Crippen LogP contribution in [0.3, 0.4) is 0 Å². The fraction of sp³-hybridized carbons (Fsp3) is 0.875. The second-order valence-electron chi connectivity index (χ2n) is 5.86. The summed E-state index contributed by atoms with van der Waals surface area (Å²) in [5, 5.41) is 3.36. The Morgan fingerprint density at radius 2 is 1.75 bits per heavy atom. The van der Waals surface area contributed by atoms with Crippen molar-refractivity contribution in [1.29, 1.82) is 0 Å². The van der Waals surface area contributed by atoms with Crippen molar-refractivity contribution >= 4 is 12.1 Å². The molecule has 2 aliphatic heterocycles. The van der Waals surface area contributed by atoms with Gasteiger partial charge < -0.3 is 24.6 Å². The lowest BCUT2D eigenvalue weighted by molar-refractivity contribution is 0.0394. The largest absolute Gasteiger partial charge is 0.450 e. The Balaban J connectivity index is 1.79. The van der Waals surface area contributed by atoms with Crippen LogP contribution in [0.2, 0.25) is 0 Å². The second kappa shape index (κ2) is 10.4. The molecule has 0 bridgehead atoms. The molecular weight excluding hydrogens is 310 g/mol. The quantitative estimate of drug-likeness (QED) is 0.563. The number of ether oxygens (including phenoxy) is 2. The Labute approximate surface area is 144 Å². The summed E-state index contributed by atoms with van der Waals surface area (Å²) >= 11 is 0. The first-order chi connectivity index (χ1) is 11.7. The number of hydrogen-bond donors (Lipinski definition) is 1. The van der Waals surface area contributed by atoms with Crippen LogP contribution in [-0.4, -0.2) is 105 Å². The lowest BCUT2D eigenvalue weighted by atomic mass is 10.3.